The zero-order valence-electron chi connectivity index (χ0n) is 92.3. The van der Waals surface area contributed by atoms with Crippen LogP contribution < -0.4 is 0 Å². The minimum Gasteiger partial charge on any atom is -0.0622 e. The molecule has 0 aliphatic heterocycles. The molecule has 0 fully saturated rings. The highest BCUT2D eigenvalue weighted by molar-refractivity contribution is 5.86. The minimum absolute atomic E-state index is 0.0858. The number of aryl methyl sites for hydroxylation is 3. The molecule has 0 N–H and O–H groups in total. The zero-order valence-corrected chi connectivity index (χ0v) is 86.3. The fourth-order valence-corrected chi connectivity index (χ4v) is 17.3. The van der Waals surface area contributed by atoms with E-state index < -0.39 is 24.5 Å². The highest BCUT2D eigenvalue weighted by atomic mass is 14.3. The van der Waals surface area contributed by atoms with Crippen molar-refractivity contribution in [2.75, 3.05) is 0 Å². The van der Waals surface area contributed by atoms with E-state index in [1.807, 2.05) is 97.1 Å². The molecule has 21 aromatic rings. The lowest BCUT2D eigenvalue weighted by Gasteiger charge is -2.25. The van der Waals surface area contributed by atoms with E-state index >= 15 is 0 Å². The molecule has 0 unspecified atom stereocenters. The summed E-state index contributed by atoms with van der Waals surface area (Å²) in [6.07, 6.45) is 0. The maximum absolute atomic E-state index is 7.89. The van der Waals surface area contributed by atoms with Crippen molar-refractivity contribution in [3.8, 4) is 111 Å². The fraction of sp³-hybridized carbons (Fsp3) is 0.131. The van der Waals surface area contributed by atoms with Crippen LogP contribution in [0.1, 0.15) is 139 Å². The van der Waals surface area contributed by atoms with Gasteiger partial charge in [0.15, 0.2) is 0 Å². The number of rotatable bonds is 14. The Kier molecular flexibility index (Phi) is 35.9. The Morgan fingerprint density at radius 1 is 0.138 bits per heavy atom. The highest BCUT2D eigenvalue weighted by Gasteiger charge is 2.24. The summed E-state index contributed by atoms with van der Waals surface area (Å²) in [5.41, 5.74) is 37.3. The van der Waals surface area contributed by atoms with E-state index in [-0.39, 0.29) is 5.41 Å². The quantitative estimate of drug-likeness (QED) is 0.102. The highest BCUT2D eigenvalue weighted by Crippen LogP contribution is 2.40. The van der Waals surface area contributed by atoms with Crippen LogP contribution in [-0.2, 0) is 21.7 Å². The maximum atomic E-state index is 7.89. The fourth-order valence-electron chi connectivity index (χ4n) is 17.3. The molecule has 145 heavy (non-hydrogen) atoms. The minimum atomic E-state index is -2.09. The van der Waals surface area contributed by atoms with E-state index in [4.69, 9.17) is 8.22 Å². The second-order valence-electron chi connectivity index (χ2n) is 38.6. The van der Waals surface area contributed by atoms with Crippen LogP contribution in [-0.4, -0.2) is 0 Å². The summed E-state index contributed by atoms with van der Waals surface area (Å²) in [5.74, 6) is 0. The number of benzene rings is 21. The van der Waals surface area contributed by atoms with Crippen LogP contribution >= 0.6 is 0 Å². The zero-order chi connectivity index (χ0) is 107. The van der Waals surface area contributed by atoms with Gasteiger partial charge in [-0.1, -0.05) is 627 Å². The van der Waals surface area contributed by atoms with Gasteiger partial charge in [-0.3, -0.25) is 0 Å². The lowest BCUT2D eigenvalue weighted by atomic mass is 9.78. The third-order valence-electron chi connectivity index (χ3n) is 25.9. The van der Waals surface area contributed by atoms with E-state index in [0.29, 0.717) is 5.41 Å². The topological polar surface area (TPSA) is 0 Å². The second kappa shape index (κ2) is 53.5. The molecule has 720 valence electrons. The largest absolute Gasteiger partial charge is 0.0622 e. The molecule has 0 saturated heterocycles. The summed E-state index contributed by atoms with van der Waals surface area (Å²) >= 11 is 0. The molecular formula is C145H140. The molecule has 0 atom stereocenters. The van der Waals surface area contributed by atoms with E-state index in [2.05, 4.69) is 548 Å². The molecule has 0 aliphatic carbocycles. The SMILES string of the molecule is CC(C)(C)c1ccccc1.CC(C)(c1ccccc1)c1ccccc1.Cc1c(-c2ccccc2)cc(-c2ccccc2)cc1-c1ccccc1.Cc1c(-c2ccccc2)cccc1-c1ccccc1.Cc1cc(-c2ccccc2)cc(-c2ccccc2)c1.Cc1ccc(-c2ccccc2)cc1.Cc1ccc(-c2ccccc2)cc1-c1ccccc1.[2H]C([2H])([2H])C(C)(C)c1ccccc1.[2H]C([2H])([2H])C(C)(c1ccccc1)c1ccccc1. The van der Waals surface area contributed by atoms with Gasteiger partial charge in [0.25, 0.3) is 0 Å². The van der Waals surface area contributed by atoms with Gasteiger partial charge in [-0.2, -0.15) is 0 Å². The Bertz CT molecular complexity index is 7260. The van der Waals surface area contributed by atoms with Crippen LogP contribution in [0.4, 0.5) is 0 Å². The van der Waals surface area contributed by atoms with Crippen molar-refractivity contribution in [1.82, 2.24) is 0 Å². The van der Waals surface area contributed by atoms with Gasteiger partial charge >= 0.3 is 0 Å². The Morgan fingerprint density at radius 2 is 0.352 bits per heavy atom. The van der Waals surface area contributed by atoms with Crippen LogP contribution in [0.25, 0.3) is 111 Å². The normalized spacial score (nSPS) is 11.5. The summed E-state index contributed by atoms with van der Waals surface area (Å²) in [5, 5.41) is 0. The Hall–Kier alpha value is -16.4. The third kappa shape index (κ3) is 31.6. The summed E-state index contributed by atoms with van der Waals surface area (Å²) in [4.78, 5) is 0. The summed E-state index contributed by atoms with van der Waals surface area (Å²) in [6, 6.07) is 199. The third-order valence-corrected chi connectivity index (χ3v) is 25.9. The van der Waals surface area contributed by atoms with Crippen molar-refractivity contribution in [3.05, 3.63) is 638 Å². The molecule has 0 heteroatoms. The predicted molar refractivity (Wildman–Crippen MR) is 631 cm³/mol. The second-order valence-corrected chi connectivity index (χ2v) is 38.6. The number of hydrogen-bond acceptors (Lipinski definition) is 0. The predicted octanol–water partition coefficient (Wildman–Crippen LogP) is 40.6. The van der Waals surface area contributed by atoms with Crippen LogP contribution in [0.3, 0.4) is 0 Å². The van der Waals surface area contributed by atoms with Gasteiger partial charge in [0, 0.05) is 19.1 Å². The van der Waals surface area contributed by atoms with Crippen molar-refractivity contribution in [2.45, 2.75) is 125 Å². The smallest absolute Gasteiger partial charge is 0.0243 e. The van der Waals surface area contributed by atoms with Crippen LogP contribution in [0.15, 0.2) is 576 Å². The van der Waals surface area contributed by atoms with Crippen LogP contribution in [0.2, 0.25) is 0 Å². The molecule has 0 amide bonds. The molecule has 0 saturated carbocycles. The molecule has 0 radical (unpaired) electrons. The van der Waals surface area contributed by atoms with Gasteiger partial charge < -0.3 is 0 Å². The molecule has 21 rings (SSSR count). The lowest BCUT2D eigenvalue weighted by molar-refractivity contribution is 0.590. The molecule has 21 aromatic carbocycles. The van der Waals surface area contributed by atoms with Crippen molar-refractivity contribution in [2.24, 2.45) is 0 Å². The lowest BCUT2D eigenvalue weighted by Crippen LogP contribution is -2.18. The average Bonchev–Trinajstić information content (AvgIpc) is 0.756. The van der Waals surface area contributed by atoms with E-state index in [1.165, 1.54) is 156 Å². The molecule has 0 aromatic heterocycles. The monoisotopic (exact) mass is 1890 g/mol. The van der Waals surface area contributed by atoms with Gasteiger partial charge in [-0.05, 0) is 237 Å². The number of hydrogen-bond donors (Lipinski definition) is 0. The first-order chi connectivity index (χ1) is 72.8. The van der Waals surface area contributed by atoms with E-state index in [9.17, 15) is 0 Å². The Morgan fingerprint density at radius 3 is 0.634 bits per heavy atom. The molecule has 0 aliphatic rings. The average molecular weight is 1890 g/mol. The Balaban J connectivity index is 0.000000143. The van der Waals surface area contributed by atoms with Gasteiger partial charge in [-0.15, -0.1) is 0 Å². The van der Waals surface area contributed by atoms with Crippen molar-refractivity contribution in [1.29, 1.82) is 0 Å². The van der Waals surface area contributed by atoms with Crippen molar-refractivity contribution < 1.29 is 8.22 Å². The van der Waals surface area contributed by atoms with Gasteiger partial charge in [-0.25, -0.2) is 0 Å². The summed E-state index contributed by atoms with van der Waals surface area (Å²) < 4.78 is 45.9. The first kappa shape index (κ1) is 97.4. The van der Waals surface area contributed by atoms with Crippen molar-refractivity contribution >= 4 is 0 Å². The first-order valence-corrected chi connectivity index (χ1v) is 50.3. The molecular weight excluding hydrogens is 1740 g/mol. The molecule has 0 bridgehead atoms. The summed E-state index contributed by atoms with van der Waals surface area (Å²) in [7, 11) is 0. The molecule has 0 spiro atoms. The van der Waals surface area contributed by atoms with Crippen LogP contribution in [0, 0.1) is 34.6 Å². The summed E-state index contributed by atoms with van der Waals surface area (Å²) in [6.45, 7) is 23.3. The maximum Gasteiger partial charge on any atom is 0.0243 e. The van der Waals surface area contributed by atoms with Gasteiger partial charge in [0.2, 0.25) is 0 Å². The van der Waals surface area contributed by atoms with E-state index in [0.717, 1.165) is 16.7 Å². The van der Waals surface area contributed by atoms with Gasteiger partial charge in [0.1, 0.15) is 0 Å². The Labute approximate surface area is 876 Å². The standard InChI is InChI=1S/C25H20.3C19H16.2C15H16.C13H12.2C10H14/c1-19-24(21-13-7-3-8-14-21)17-23(20-11-5-2-6-12-20)18-25(19)22-15-9-4-10-16-22;1-15-18(16-9-4-2-5-10-16)13-8-14-19(15)17-11-6-3-7-12-17;1-15-12-18(16-8-4-2-5-9-16)14-19(13-15)17-10-6-3-7-11-17;1-15-12-13-18(16-8-4-2-5-9-16)14-19(15)17-10-6-3-7-11-17;2*1-15(2,13-9-5-3-6-10-13)14-11-7-4-8-12-14;1-11-7-9-13(10-8-11)12-5-3-2-4-6-12;2*1-10(2,3)9-7-5-4-6-8-9/h2-18H,1H3;3*2-14H,1H3;2*3-12H,1-2H3;2-10H,1H3;2*4-8H,1-3H3/i;;;;1D3;;;1D3;. The van der Waals surface area contributed by atoms with Gasteiger partial charge in [0.05, 0.1) is 0 Å². The van der Waals surface area contributed by atoms with E-state index in [1.54, 1.807) is 20.8 Å². The molecule has 0 nitrogen and oxygen atoms in total. The first-order valence-electron chi connectivity index (χ1n) is 53.3. The molecule has 0 heterocycles. The van der Waals surface area contributed by atoms with Crippen molar-refractivity contribution in [3.63, 3.8) is 0 Å². The van der Waals surface area contributed by atoms with Crippen LogP contribution in [0.5, 0.6) is 0 Å².